The van der Waals surface area contributed by atoms with Gasteiger partial charge in [-0.25, -0.2) is 9.07 Å². The quantitative estimate of drug-likeness (QED) is 0.801. The Bertz CT molecular complexity index is 714. The van der Waals surface area contributed by atoms with Gasteiger partial charge in [-0.1, -0.05) is 37.3 Å². The second kappa shape index (κ2) is 8.19. The molecule has 128 valence electrons. The first-order chi connectivity index (χ1) is 11.5. The monoisotopic (exact) mass is 333 g/mol. The van der Waals surface area contributed by atoms with Crippen LogP contribution in [0.25, 0.3) is 0 Å². The molecule has 1 heterocycles. The molecule has 0 unspecified atom stereocenters. The Kier molecular flexibility index (Phi) is 6.00. The minimum Gasteiger partial charge on any atom is -0.354 e. The fraction of sp³-hybridized carbons (Fsp3) is 0.375. The third kappa shape index (κ3) is 5.15. The number of nitrogens with one attached hydrogen (secondary N) is 2. The summed E-state index contributed by atoms with van der Waals surface area (Å²) in [5.74, 6) is -0.590. The molecule has 0 bridgehead atoms. The number of anilines is 1. The Morgan fingerprint density at radius 3 is 2.75 bits per heavy atom. The standard InChI is InChI=1S/C16H20FN5O2/c1-11(2)16(24)19-14-9-22(21-20-14)10-15(23)18-8-7-12-5-3-4-6-13(12)17/h3-6,9,11H,7-8,10H2,1-2H3,(H,18,23)(H,19,24). The molecule has 0 radical (unpaired) electrons. The van der Waals surface area contributed by atoms with E-state index in [0.717, 1.165) is 0 Å². The summed E-state index contributed by atoms with van der Waals surface area (Å²) < 4.78 is 14.8. The van der Waals surface area contributed by atoms with Crippen LogP contribution in [0.5, 0.6) is 0 Å². The van der Waals surface area contributed by atoms with E-state index in [1.807, 2.05) is 0 Å². The number of amides is 2. The summed E-state index contributed by atoms with van der Waals surface area (Å²) in [5.41, 5.74) is 0.553. The summed E-state index contributed by atoms with van der Waals surface area (Å²) in [6.45, 7) is 3.83. The molecule has 0 aliphatic carbocycles. The summed E-state index contributed by atoms with van der Waals surface area (Å²) in [4.78, 5) is 23.4. The molecule has 8 heteroatoms. The van der Waals surface area contributed by atoms with E-state index in [2.05, 4.69) is 20.9 Å². The van der Waals surface area contributed by atoms with E-state index in [0.29, 0.717) is 24.3 Å². The molecule has 2 aromatic rings. The molecule has 0 saturated carbocycles. The van der Waals surface area contributed by atoms with Gasteiger partial charge in [-0.05, 0) is 18.1 Å². The summed E-state index contributed by atoms with van der Waals surface area (Å²) in [6, 6.07) is 6.45. The Labute approximate surface area is 139 Å². The average molecular weight is 333 g/mol. The van der Waals surface area contributed by atoms with Gasteiger partial charge in [0.25, 0.3) is 0 Å². The lowest BCUT2D eigenvalue weighted by Gasteiger charge is -2.06. The maximum Gasteiger partial charge on any atom is 0.241 e. The Hall–Kier alpha value is -2.77. The van der Waals surface area contributed by atoms with Gasteiger partial charge >= 0.3 is 0 Å². The molecule has 2 N–H and O–H groups in total. The van der Waals surface area contributed by atoms with E-state index >= 15 is 0 Å². The van der Waals surface area contributed by atoms with Gasteiger partial charge in [-0.15, -0.1) is 5.10 Å². The molecule has 0 aliphatic heterocycles. The van der Waals surface area contributed by atoms with E-state index in [4.69, 9.17) is 0 Å². The van der Waals surface area contributed by atoms with Crippen LogP contribution in [0.2, 0.25) is 0 Å². The molecule has 1 aromatic heterocycles. The first kappa shape index (κ1) is 17.6. The second-order valence-electron chi connectivity index (χ2n) is 5.64. The summed E-state index contributed by atoms with van der Waals surface area (Å²) >= 11 is 0. The smallest absolute Gasteiger partial charge is 0.241 e. The highest BCUT2D eigenvalue weighted by atomic mass is 19.1. The van der Waals surface area contributed by atoms with Crippen molar-refractivity contribution >= 4 is 17.6 Å². The van der Waals surface area contributed by atoms with Gasteiger partial charge in [0.15, 0.2) is 5.82 Å². The minimum absolute atomic E-state index is 0.0260. The topological polar surface area (TPSA) is 88.9 Å². The van der Waals surface area contributed by atoms with Crippen molar-refractivity contribution in [3.05, 3.63) is 41.8 Å². The highest BCUT2D eigenvalue weighted by Crippen LogP contribution is 2.06. The fourth-order valence-electron chi connectivity index (χ4n) is 1.94. The predicted molar refractivity (Wildman–Crippen MR) is 86.6 cm³/mol. The lowest BCUT2D eigenvalue weighted by molar-refractivity contribution is -0.122. The number of rotatable bonds is 7. The van der Waals surface area contributed by atoms with E-state index < -0.39 is 0 Å². The van der Waals surface area contributed by atoms with E-state index in [1.165, 1.54) is 16.9 Å². The number of halogens is 1. The van der Waals surface area contributed by atoms with Crippen LogP contribution in [0.3, 0.4) is 0 Å². The van der Waals surface area contributed by atoms with Crippen molar-refractivity contribution in [2.24, 2.45) is 5.92 Å². The molecule has 0 atom stereocenters. The first-order valence-electron chi connectivity index (χ1n) is 7.67. The largest absolute Gasteiger partial charge is 0.354 e. The highest BCUT2D eigenvalue weighted by Gasteiger charge is 2.11. The van der Waals surface area contributed by atoms with Crippen LogP contribution in [-0.4, -0.2) is 33.4 Å². The maximum atomic E-state index is 13.5. The van der Waals surface area contributed by atoms with Crippen molar-refractivity contribution in [3.8, 4) is 0 Å². The third-order valence-corrected chi connectivity index (χ3v) is 3.29. The zero-order valence-electron chi connectivity index (χ0n) is 13.6. The third-order valence-electron chi connectivity index (χ3n) is 3.29. The van der Waals surface area contributed by atoms with Crippen molar-refractivity contribution in [3.63, 3.8) is 0 Å². The normalized spacial score (nSPS) is 10.7. The van der Waals surface area contributed by atoms with Crippen LogP contribution in [0.4, 0.5) is 10.2 Å². The zero-order valence-corrected chi connectivity index (χ0v) is 13.6. The van der Waals surface area contributed by atoms with Crippen molar-refractivity contribution < 1.29 is 14.0 Å². The molecule has 2 rings (SSSR count). The Morgan fingerprint density at radius 2 is 2.04 bits per heavy atom. The zero-order chi connectivity index (χ0) is 17.5. The van der Waals surface area contributed by atoms with E-state index in [-0.39, 0.29) is 30.1 Å². The van der Waals surface area contributed by atoms with Gasteiger partial charge in [0.05, 0.1) is 6.20 Å². The summed E-state index contributed by atoms with van der Waals surface area (Å²) in [5, 5.41) is 12.9. The first-order valence-corrected chi connectivity index (χ1v) is 7.67. The van der Waals surface area contributed by atoms with Crippen molar-refractivity contribution in [2.75, 3.05) is 11.9 Å². The molecular formula is C16H20FN5O2. The SMILES string of the molecule is CC(C)C(=O)Nc1cn(CC(=O)NCCc2ccccc2F)nn1. The van der Waals surface area contributed by atoms with Crippen LogP contribution in [-0.2, 0) is 22.6 Å². The van der Waals surface area contributed by atoms with Gasteiger partial charge in [-0.3, -0.25) is 9.59 Å². The highest BCUT2D eigenvalue weighted by molar-refractivity contribution is 5.90. The molecule has 0 fully saturated rings. The number of aromatic nitrogens is 3. The molecule has 2 amide bonds. The lowest BCUT2D eigenvalue weighted by Crippen LogP contribution is -2.29. The van der Waals surface area contributed by atoms with Gasteiger partial charge < -0.3 is 10.6 Å². The fourth-order valence-corrected chi connectivity index (χ4v) is 1.94. The number of hydrogen-bond donors (Lipinski definition) is 2. The number of carbonyl (C=O) groups is 2. The predicted octanol–water partition coefficient (Wildman–Crippen LogP) is 1.37. The number of benzene rings is 1. The number of nitrogens with zero attached hydrogens (tertiary/aromatic N) is 3. The van der Waals surface area contributed by atoms with Crippen LogP contribution in [0.1, 0.15) is 19.4 Å². The molecular weight excluding hydrogens is 313 g/mol. The van der Waals surface area contributed by atoms with E-state index in [1.54, 1.807) is 32.0 Å². The Morgan fingerprint density at radius 1 is 1.29 bits per heavy atom. The number of hydrogen-bond acceptors (Lipinski definition) is 4. The molecule has 0 saturated heterocycles. The van der Waals surface area contributed by atoms with Crippen molar-refractivity contribution in [2.45, 2.75) is 26.8 Å². The van der Waals surface area contributed by atoms with Gasteiger partial charge in [0.1, 0.15) is 12.4 Å². The molecule has 0 spiro atoms. The second-order valence-corrected chi connectivity index (χ2v) is 5.64. The Balaban J connectivity index is 1.77. The molecule has 0 aliphatic rings. The van der Waals surface area contributed by atoms with Crippen molar-refractivity contribution in [1.82, 2.24) is 20.3 Å². The number of carbonyl (C=O) groups excluding carboxylic acids is 2. The average Bonchev–Trinajstić information content (AvgIpc) is 2.96. The van der Waals surface area contributed by atoms with Crippen LogP contribution in [0.15, 0.2) is 30.5 Å². The van der Waals surface area contributed by atoms with Gasteiger partial charge in [-0.2, -0.15) is 0 Å². The van der Waals surface area contributed by atoms with E-state index in [9.17, 15) is 14.0 Å². The maximum absolute atomic E-state index is 13.5. The summed E-state index contributed by atoms with van der Waals surface area (Å²) in [7, 11) is 0. The molecule has 24 heavy (non-hydrogen) atoms. The van der Waals surface area contributed by atoms with Crippen LogP contribution < -0.4 is 10.6 Å². The van der Waals surface area contributed by atoms with Crippen LogP contribution >= 0.6 is 0 Å². The van der Waals surface area contributed by atoms with Crippen LogP contribution in [0, 0.1) is 11.7 Å². The summed E-state index contributed by atoms with van der Waals surface area (Å²) in [6.07, 6.45) is 1.89. The lowest BCUT2D eigenvalue weighted by atomic mass is 10.1. The minimum atomic E-state index is -0.284. The molecule has 7 nitrogen and oxygen atoms in total. The van der Waals surface area contributed by atoms with Crippen molar-refractivity contribution in [1.29, 1.82) is 0 Å². The molecule has 1 aromatic carbocycles. The van der Waals surface area contributed by atoms with Gasteiger partial charge in [0, 0.05) is 12.5 Å². The van der Waals surface area contributed by atoms with Gasteiger partial charge in [0.2, 0.25) is 11.8 Å².